The van der Waals surface area contributed by atoms with E-state index >= 15 is 0 Å². The van der Waals surface area contributed by atoms with Crippen LogP contribution in [0.3, 0.4) is 0 Å². The maximum absolute atomic E-state index is 12.6. The fourth-order valence-electron chi connectivity index (χ4n) is 2.01. The molecule has 0 saturated heterocycles. The maximum atomic E-state index is 12.6. The minimum Gasteiger partial charge on any atom is -0.306 e. The summed E-state index contributed by atoms with van der Waals surface area (Å²) in [6.45, 7) is 2.48. The third-order valence-corrected chi connectivity index (χ3v) is 4.00. The summed E-state index contributed by atoms with van der Waals surface area (Å²) in [5, 5.41) is 4.30. The Balaban J connectivity index is 2.02. The van der Waals surface area contributed by atoms with Gasteiger partial charge in [-0.15, -0.1) is 0 Å². The monoisotopic (exact) mass is 329 g/mol. The molecule has 0 amide bonds. The number of benzene rings is 2. The van der Waals surface area contributed by atoms with Crippen LogP contribution in [-0.4, -0.2) is 0 Å². The van der Waals surface area contributed by atoms with Crippen LogP contribution in [0.5, 0.6) is 0 Å². The maximum Gasteiger partial charge on any atom is 0.263 e. The van der Waals surface area contributed by atoms with Gasteiger partial charge in [-0.1, -0.05) is 47.5 Å². The van der Waals surface area contributed by atoms with E-state index in [1.807, 2.05) is 19.1 Å². The summed E-state index contributed by atoms with van der Waals surface area (Å²) in [6.07, 6.45) is -2.45. The van der Waals surface area contributed by atoms with Crippen LogP contribution in [0.4, 0.5) is 8.78 Å². The van der Waals surface area contributed by atoms with Crippen LogP contribution in [0, 0.1) is 0 Å². The van der Waals surface area contributed by atoms with Crippen LogP contribution >= 0.6 is 23.2 Å². The van der Waals surface area contributed by atoms with Crippen molar-refractivity contribution in [2.24, 2.45) is 0 Å². The molecule has 0 heterocycles. The highest BCUT2D eigenvalue weighted by Gasteiger charge is 2.09. The Labute approximate surface area is 132 Å². The van der Waals surface area contributed by atoms with Crippen LogP contribution in [-0.2, 0) is 6.54 Å². The van der Waals surface area contributed by atoms with Gasteiger partial charge in [0.05, 0.1) is 10.0 Å². The lowest BCUT2D eigenvalue weighted by Crippen LogP contribution is -2.18. The number of rotatable bonds is 5. The standard InChI is InChI=1S/C16H15Cl2F2N/c1-10(12-5-6-14(17)15(18)8-12)21-9-11-3-2-4-13(7-11)16(19)20/h2-8,10,16,21H,9H2,1H3. The molecule has 1 atom stereocenters. The topological polar surface area (TPSA) is 12.0 Å². The molecule has 1 unspecified atom stereocenters. The van der Waals surface area contributed by atoms with Gasteiger partial charge in [-0.25, -0.2) is 8.78 Å². The number of nitrogens with one attached hydrogen (secondary N) is 1. The van der Waals surface area contributed by atoms with Crippen LogP contribution < -0.4 is 5.32 Å². The van der Waals surface area contributed by atoms with Crippen molar-refractivity contribution in [2.75, 3.05) is 0 Å². The number of hydrogen-bond acceptors (Lipinski definition) is 1. The van der Waals surface area contributed by atoms with E-state index in [1.54, 1.807) is 18.2 Å². The smallest absolute Gasteiger partial charge is 0.263 e. The largest absolute Gasteiger partial charge is 0.306 e. The minimum atomic E-state index is -2.45. The Bertz CT molecular complexity index is 617. The Morgan fingerprint density at radius 2 is 1.76 bits per heavy atom. The van der Waals surface area contributed by atoms with Crippen molar-refractivity contribution in [3.8, 4) is 0 Å². The molecule has 0 aliphatic carbocycles. The first kappa shape index (κ1) is 16.2. The molecule has 2 aromatic rings. The van der Waals surface area contributed by atoms with E-state index < -0.39 is 6.43 Å². The first-order valence-electron chi connectivity index (χ1n) is 6.52. The van der Waals surface area contributed by atoms with Gasteiger partial charge in [-0.2, -0.15) is 0 Å². The van der Waals surface area contributed by atoms with Crippen molar-refractivity contribution < 1.29 is 8.78 Å². The van der Waals surface area contributed by atoms with E-state index in [4.69, 9.17) is 23.2 Å². The molecular formula is C16H15Cl2F2N. The highest BCUT2D eigenvalue weighted by Crippen LogP contribution is 2.26. The lowest BCUT2D eigenvalue weighted by molar-refractivity contribution is 0.151. The van der Waals surface area contributed by atoms with Crippen molar-refractivity contribution >= 4 is 23.2 Å². The van der Waals surface area contributed by atoms with Crippen molar-refractivity contribution in [3.05, 3.63) is 69.2 Å². The van der Waals surface area contributed by atoms with Gasteiger partial charge < -0.3 is 5.32 Å². The lowest BCUT2D eigenvalue weighted by Gasteiger charge is -2.15. The Kier molecular flexibility index (Phi) is 5.57. The number of hydrogen-bond donors (Lipinski definition) is 1. The molecular weight excluding hydrogens is 315 g/mol. The second kappa shape index (κ2) is 7.21. The fraction of sp³-hybridized carbons (Fsp3) is 0.250. The van der Waals surface area contributed by atoms with Gasteiger partial charge in [-0.3, -0.25) is 0 Å². The summed E-state index contributed by atoms with van der Waals surface area (Å²) < 4.78 is 25.3. The van der Waals surface area contributed by atoms with Gasteiger partial charge >= 0.3 is 0 Å². The van der Waals surface area contributed by atoms with Crippen molar-refractivity contribution in [3.63, 3.8) is 0 Å². The average molecular weight is 330 g/mol. The highest BCUT2D eigenvalue weighted by molar-refractivity contribution is 6.42. The first-order chi connectivity index (χ1) is 9.97. The molecule has 21 heavy (non-hydrogen) atoms. The Morgan fingerprint density at radius 1 is 1.00 bits per heavy atom. The van der Waals surface area contributed by atoms with Crippen molar-refractivity contribution in [1.29, 1.82) is 0 Å². The second-order valence-corrected chi connectivity index (χ2v) is 5.64. The Morgan fingerprint density at radius 3 is 2.43 bits per heavy atom. The molecule has 0 aliphatic rings. The molecule has 0 fully saturated rings. The summed E-state index contributed by atoms with van der Waals surface area (Å²) >= 11 is 11.9. The summed E-state index contributed by atoms with van der Waals surface area (Å²) in [7, 11) is 0. The number of alkyl halides is 2. The normalized spacial score (nSPS) is 12.7. The quantitative estimate of drug-likeness (QED) is 0.732. The van der Waals surface area contributed by atoms with Crippen molar-refractivity contribution in [2.45, 2.75) is 25.9 Å². The van der Waals surface area contributed by atoms with Gasteiger partial charge in [0.2, 0.25) is 0 Å². The molecule has 1 nitrogen and oxygen atoms in total. The third kappa shape index (κ3) is 4.40. The minimum absolute atomic E-state index is 0.0370. The zero-order chi connectivity index (χ0) is 15.4. The highest BCUT2D eigenvalue weighted by atomic mass is 35.5. The predicted molar refractivity (Wildman–Crippen MR) is 83.1 cm³/mol. The molecule has 112 valence electrons. The van der Waals surface area contributed by atoms with E-state index in [0.29, 0.717) is 16.6 Å². The van der Waals surface area contributed by atoms with Crippen LogP contribution in [0.2, 0.25) is 10.0 Å². The predicted octanol–water partition coefficient (Wildman–Crippen LogP) is 5.78. The second-order valence-electron chi connectivity index (χ2n) is 4.82. The van der Waals surface area contributed by atoms with Gasteiger partial charge in [0, 0.05) is 18.2 Å². The summed E-state index contributed by atoms with van der Waals surface area (Å²) in [5.74, 6) is 0. The molecule has 0 aliphatic heterocycles. The van der Waals surface area contributed by atoms with E-state index in [-0.39, 0.29) is 11.6 Å². The molecule has 5 heteroatoms. The molecule has 2 rings (SSSR count). The summed E-state index contributed by atoms with van der Waals surface area (Å²) in [6, 6.07) is 11.9. The number of halogens is 4. The average Bonchev–Trinajstić information content (AvgIpc) is 2.48. The van der Waals surface area contributed by atoms with E-state index in [9.17, 15) is 8.78 Å². The fourth-order valence-corrected chi connectivity index (χ4v) is 2.32. The molecule has 0 saturated carbocycles. The van der Waals surface area contributed by atoms with Gasteiger partial charge in [0.25, 0.3) is 6.43 Å². The molecule has 2 aromatic carbocycles. The van der Waals surface area contributed by atoms with Crippen LogP contribution in [0.15, 0.2) is 42.5 Å². The lowest BCUT2D eigenvalue weighted by atomic mass is 10.1. The van der Waals surface area contributed by atoms with Crippen LogP contribution in [0.25, 0.3) is 0 Å². The van der Waals surface area contributed by atoms with Gasteiger partial charge in [0.15, 0.2) is 0 Å². The zero-order valence-corrected chi connectivity index (χ0v) is 12.9. The van der Waals surface area contributed by atoms with E-state index in [0.717, 1.165) is 11.1 Å². The van der Waals surface area contributed by atoms with E-state index in [2.05, 4.69) is 5.32 Å². The molecule has 0 spiro atoms. The van der Waals surface area contributed by atoms with Gasteiger partial charge in [0.1, 0.15) is 0 Å². The Hall–Kier alpha value is -1.16. The van der Waals surface area contributed by atoms with E-state index in [1.165, 1.54) is 12.1 Å². The molecule has 0 aromatic heterocycles. The molecule has 0 bridgehead atoms. The molecule has 1 N–H and O–H groups in total. The zero-order valence-electron chi connectivity index (χ0n) is 11.4. The summed E-state index contributed by atoms with van der Waals surface area (Å²) in [5.41, 5.74) is 1.85. The SMILES string of the molecule is CC(NCc1cccc(C(F)F)c1)c1ccc(Cl)c(Cl)c1. The van der Waals surface area contributed by atoms with Gasteiger partial charge in [-0.05, 0) is 36.2 Å². The molecule has 0 radical (unpaired) electrons. The summed E-state index contributed by atoms with van der Waals surface area (Å²) in [4.78, 5) is 0. The van der Waals surface area contributed by atoms with Crippen LogP contribution in [0.1, 0.15) is 36.1 Å². The van der Waals surface area contributed by atoms with Crippen molar-refractivity contribution in [1.82, 2.24) is 5.32 Å². The third-order valence-electron chi connectivity index (χ3n) is 3.26. The first-order valence-corrected chi connectivity index (χ1v) is 7.28.